The SMILES string of the molecule is O=C(c1ccc2ccccc2c1)N1CCN(CC(F)(F)F)CC1. The van der Waals surface area contributed by atoms with Crippen LogP contribution in [0.25, 0.3) is 10.8 Å². The molecule has 0 aliphatic carbocycles. The molecule has 6 heteroatoms. The molecular formula is C17H17F3N2O. The minimum Gasteiger partial charge on any atom is -0.336 e. The van der Waals surface area contributed by atoms with Gasteiger partial charge in [0.1, 0.15) is 0 Å². The maximum absolute atomic E-state index is 12.5. The predicted octanol–water partition coefficient (Wildman–Crippen LogP) is 3.16. The fraction of sp³-hybridized carbons (Fsp3) is 0.353. The van der Waals surface area contributed by atoms with E-state index in [1.165, 1.54) is 4.90 Å². The number of rotatable bonds is 2. The molecule has 0 saturated carbocycles. The van der Waals surface area contributed by atoms with E-state index in [4.69, 9.17) is 0 Å². The Labute approximate surface area is 132 Å². The Hall–Kier alpha value is -2.08. The van der Waals surface area contributed by atoms with Crippen LogP contribution < -0.4 is 0 Å². The van der Waals surface area contributed by atoms with E-state index in [-0.39, 0.29) is 19.0 Å². The summed E-state index contributed by atoms with van der Waals surface area (Å²) in [6.45, 7) is 0.228. The van der Waals surface area contributed by atoms with Crippen LogP contribution in [-0.4, -0.2) is 54.6 Å². The predicted molar refractivity (Wildman–Crippen MR) is 82.3 cm³/mol. The quantitative estimate of drug-likeness (QED) is 0.848. The third-order valence-electron chi connectivity index (χ3n) is 4.06. The number of hydrogen-bond donors (Lipinski definition) is 0. The number of halogens is 3. The molecule has 1 amide bonds. The van der Waals surface area contributed by atoms with Gasteiger partial charge in [-0.1, -0.05) is 30.3 Å². The molecule has 0 bridgehead atoms. The van der Waals surface area contributed by atoms with Gasteiger partial charge in [-0.05, 0) is 22.9 Å². The lowest BCUT2D eigenvalue weighted by Gasteiger charge is -2.35. The first kappa shape index (κ1) is 15.8. The zero-order chi connectivity index (χ0) is 16.4. The fourth-order valence-electron chi connectivity index (χ4n) is 2.87. The number of carbonyl (C=O) groups is 1. The van der Waals surface area contributed by atoms with Crippen LogP contribution in [0.4, 0.5) is 13.2 Å². The van der Waals surface area contributed by atoms with Crippen LogP contribution in [-0.2, 0) is 0 Å². The Bertz CT molecular complexity index is 706. The van der Waals surface area contributed by atoms with Crippen molar-refractivity contribution in [1.82, 2.24) is 9.80 Å². The molecule has 1 aliphatic heterocycles. The van der Waals surface area contributed by atoms with Crippen LogP contribution in [0, 0.1) is 0 Å². The molecule has 1 fully saturated rings. The summed E-state index contributed by atoms with van der Waals surface area (Å²) in [5, 5.41) is 2.04. The Kier molecular flexibility index (Phi) is 4.26. The Morgan fingerprint density at radius 3 is 2.26 bits per heavy atom. The highest BCUT2D eigenvalue weighted by Gasteiger charge is 2.32. The average Bonchev–Trinajstić information content (AvgIpc) is 2.53. The molecule has 1 aliphatic rings. The van der Waals surface area contributed by atoms with Crippen molar-refractivity contribution in [3.05, 3.63) is 48.0 Å². The molecule has 3 nitrogen and oxygen atoms in total. The molecule has 3 rings (SSSR count). The van der Waals surface area contributed by atoms with Gasteiger partial charge in [-0.15, -0.1) is 0 Å². The number of alkyl halides is 3. The van der Waals surface area contributed by atoms with E-state index in [0.29, 0.717) is 18.7 Å². The van der Waals surface area contributed by atoms with Crippen molar-refractivity contribution in [3.63, 3.8) is 0 Å². The van der Waals surface area contributed by atoms with Crippen LogP contribution in [0.1, 0.15) is 10.4 Å². The molecule has 0 atom stereocenters. The van der Waals surface area contributed by atoms with E-state index in [9.17, 15) is 18.0 Å². The number of hydrogen-bond acceptors (Lipinski definition) is 2. The number of piperazine rings is 1. The molecule has 0 radical (unpaired) electrons. The summed E-state index contributed by atoms with van der Waals surface area (Å²) < 4.78 is 37.2. The Morgan fingerprint density at radius 2 is 1.61 bits per heavy atom. The first-order chi connectivity index (χ1) is 10.9. The Morgan fingerprint density at radius 1 is 0.957 bits per heavy atom. The van der Waals surface area contributed by atoms with Gasteiger partial charge >= 0.3 is 6.18 Å². The van der Waals surface area contributed by atoms with Gasteiger partial charge in [0.15, 0.2) is 0 Å². The summed E-state index contributed by atoms with van der Waals surface area (Å²) in [6, 6.07) is 13.2. The normalized spacial score (nSPS) is 16.7. The van der Waals surface area contributed by atoms with E-state index < -0.39 is 12.7 Å². The zero-order valence-electron chi connectivity index (χ0n) is 12.5. The fourth-order valence-corrected chi connectivity index (χ4v) is 2.87. The van der Waals surface area contributed by atoms with E-state index in [1.54, 1.807) is 11.0 Å². The topological polar surface area (TPSA) is 23.6 Å². The number of carbonyl (C=O) groups excluding carboxylic acids is 1. The summed E-state index contributed by atoms with van der Waals surface area (Å²) in [6.07, 6.45) is -4.19. The number of benzene rings is 2. The number of nitrogens with zero attached hydrogens (tertiary/aromatic N) is 2. The van der Waals surface area contributed by atoms with E-state index in [0.717, 1.165) is 10.8 Å². The molecule has 1 heterocycles. The van der Waals surface area contributed by atoms with Crippen LogP contribution >= 0.6 is 0 Å². The maximum Gasteiger partial charge on any atom is 0.401 e. The van der Waals surface area contributed by atoms with Gasteiger partial charge in [-0.3, -0.25) is 9.69 Å². The first-order valence-corrected chi connectivity index (χ1v) is 7.49. The maximum atomic E-state index is 12.5. The second kappa shape index (κ2) is 6.20. The van der Waals surface area contributed by atoms with Crippen LogP contribution in [0.15, 0.2) is 42.5 Å². The molecule has 23 heavy (non-hydrogen) atoms. The number of amides is 1. The van der Waals surface area contributed by atoms with Gasteiger partial charge in [0.05, 0.1) is 6.54 Å². The lowest BCUT2D eigenvalue weighted by atomic mass is 10.1. The minimum atomic E-state index is -4.19. The van der Waals surface area contributed by atoms with Crippen molar-refractivity contribution in [3.8, 4) is 0 Å². The van der Waals surface area contributed by atoms with Gasteiger partial charge < -0.3 is 4.90 Å². The molecule has 1 saturated heterocycles. The molecule has 0 aromatic heterocycles. The van der Waals surface area contributed by atoms with Crippen LogP contribution in [0.5, 0.6) is 0 Å². The number of fused-ring (bicyclic) bond motifs is 1. The van der Waals surface area contributed by atoms with Gasteiger partial charge in [-0.2, -0.15) is 13.2 Å². The van der Waals surface area contributed by atoms with Crippen LogP contribution in [0.3, 0.4) is 0 Å². The smallest absolute Gasteiger partial charge is 0.336 e. The summed E-state index contributed by atoms with van der Waals surface area (Å²) >= 11 is 0. The highest BCUT2D eigenvalue weighted by atomic mass is 19.4. The first-order valence-electron chi connectivity index (χ1n) is 7.49. The van der Waals surface area contributed by atoms with E-state index >= 15 is 0 Å². The molecule has 0 unspecified atom stereocenters. The summed E-state index contributed by atoms with van der Waals surface area (Å²) in [5.74, 6) is -0.123. The van der Waals surface area contributed by atoms with Crippen molar-refractivity contribution in [2.45, 2.75) is 6.18 Å². The second-order valence-corrected chi connectivity index (χ2v) is 5.75. The highest BCUT2D eigenvalue weighted by molar-refractivity contribution is 5.98. The summed E-state index contributed by atoms with van der Waals surface area (Å²) in [5.41, 5.74) is 0.577. The molecule has 0 N–H and O–H groups in total. The lowest BCUT2D eigenvalue weighted by Crippen LogP contribution is -2.50. The van der Waals surface area contributed by atoms with Crippen molar-refractivity contribution in [1.29, 1.82) is 0 Å². The summed E-state index contributed by atoms with van der Waals surface area (Å²) in [4.78, 5) is 15.5. The van der Waals surface area contributed by atoms with Crippen molar-refractivity contribution < 1.29 is 18.0 Å². The third kappa shape index (κ3) is 3.82. The molecule has 122 valence electrons. The third-order valence-corrected chi connectivity index (χ3v) is 4.06. The average molecular weight is 322 g/mol. The minimum absolute atomic E-state index is 0.123. The van der Waals surface area contributed by atoms with Crippen molar-refractivity contribution in [2.24, 2.45) is 0 Å². The largest absolute Gasteiger partial charge is 0.401 e. The van der Waals surface area contributed by atoms with Crippen molar-refractivity contribution >= 4 is 16.7 Å². The summed E-state index contributed by atoms with van der Waals surface area (Å²) in [7, 11) is 0. The van der Waals surface area contributed by atoms with Crippen molar-refractivity contribution in [2.75, 3.05) is 32.7 Å². The standard InChI is InChI=1S/C17H17F3N2O/c18-17(19,20)12-21-7-9-22(10-8-21)16(23)15-6-5-13-3-1-2-4-14(13)11-15/h1-6,11H,7-10,12H2. The van der Waals surface area contributed by atoms with E-state index in [1.807, 2.05) is 36.4 Å². The van der Waals surface area contributed by atoms with Gasteiger partial charge in [0, 0.05) is 31.7 Å². The molecule has 2 aromatic rings. The Balaban J connectivity index is 1.66. The second-order valence-electron chi connectivity index (χ2n) is 5.75. The van der Waals surface area contributed by atoms with E-state index in [2.05, 4.69) is 0 Å². The van der Waals surface area contributed by atoms with Gasteiger partial charge in [-0.25, -0.2) is 0 Å². The molecule has 2 aromatic carbocycles. The molecular weight excluding hydrogens is 305 g/mol. The highest BCUT2D eigenvalue weighted by Crippen LogP contribution is 2.20. The van der Waals surface area contributed by atoms with Gasteiger partial charge in [0.25, 0.3) is 5.91 Å². The monoisotopic (exact) mass is 322 g/mol. The zero-order valence-corrected chi connectivity index (χ0v) is 12.5. The lowest BCUT2D eigenvalue weighted by molar-refractivity contribution is -0.148. The van der Waals surface area contributed by atoms with Crippen LogP contribution in [0.2, 0.25) is 0 Å². The molecule has 0 spiro atoms. The van der Waals surface area contributed by atoms with Gasteiger partial charge in [0.2, 0.25) is 0 Å².